The van der Waals surface area contributed by atoms with Gasteiger partial charge in [0.2, 0.25) is 5.88 Å². The maximum atomic E-state index is 5.67. The minimum atomic E-state index is 0.218. The Kier molecular flexibility index (Phi) is 2.97. The van der Waals surface area contributed by atoms with E-state index in [1.807, 2.05) is 13.2 Å². The van der Waals surface area contributed by atoms with Crippen LogP contribution in [-0.2, 0) is 6.42 Å². The van der Waals surface area contributed by atoms with E-state index in [0.29, 0.717) is 0 Å². The number of aromatic nitrogens is 2. The second-order valence-corrected chi connectivity index (χ2v) is 4.60. The summed E-state index contributed by atoms with van der Waals surface area (Å²) in [5.41, 5.74) is 2.20. The molecule has 1 aromatic heterocycles. The molecule has 1 aliphatic rings. The zero-order valence-corrected chi connectivity index (χ0v) is 10.5. The highest BCUT2D eigenvalue weighted by atomic mass is 79.9. The highest BCUT2D eigenvalue weighted by Crippen LogP contribution is 2.30. The number of thioether (sulfide) groups is 1. The number of rotatable bonds is 2. The first-order chi connectivity index (χ1) is 6.74. The van der Waals surface area contributed by atoms with E-state index in [-0.39, 0.29) is 6.10 Å². The molecule has 0 saturated carbocycles. The van der Waals surface area contributed by atoms with Crippen molar-refractivity contribution in [2.24, 2.45) is 0 Å². The third-order valence-electron chi connectivity index (χ3n) is 2.22. The summed E-state index contributed by atoms with van der Waals surface area (Å²) in [6.07, 6.45) is 3.11. The number of hydrogen-bond donors (Lipinski definition) is 0. The maximum absolute atomic E-state index is 5.67. The van der Waals surface area contributed by atoms with Gasteiger partial charge in [-0.3, -0.25) is 0 Å². The van der Waals surface area contributed by atoms with E-state index >= 15 is 0 Å². The van der Waals surface area contributed by atoms with Crippen LogP contribution in [0.4, 0.5) is 0 Å². The number of hydrogen-bond acceptors (Lipinski definition) is 4. The van der Waals surface area contributed by atoms with Crippen LogP contribution in [0.2, 0.25) is 0 Å². The molecule has 0 aromatic carbocycles. The van der Waals surface area contributed by atoms with Gasteiger partial charge in [-0.05, 0) is 13.2 Å². The van der Waals surface area contributed by atoms with Gasteiger partial charge in [-0.15, -0.1) is 0 Å². The monoisotopic (exact) mass is 274 g/mol. The van der Waals surface area contributed by atoms with Gasteiger partial charge in [-0.2, -0.15) is 4.98 Å². The molecule has 0 spiro atoms. The second-order valence-electron chi connectivity index (χ2n) is 3.18. The van der Waals surface area contributed by atoms with Gasteiger partial charge in [-0.25, -0.2) is 4.98 Å². The van der Waals surface area contributed by atoms with Crippen molar-refractivity contribution >= 4 is 27.7 Å². The first-order valence-electron chi connectivity index (χ1n) is 4.38. The summed E-state index contributed by atoms with van der Waals surface area (Å²) in [4.78, 5) is 8.73. The van der Waals surface area contributed by atoms with Gasteiger partial charge < -0.3 is 4.74 Å². The van der Waals surface area contributed by atoms with E-state index in [0.717, 1.165) is 34.0 Å². The van der Waals surface area contributed by atoms with Crippen molar-refractivity contribution in [2.75, 3.05) is 11.6 Å². The third-order valence-corrected chi connectivity index (χ3v) is 3.49. The topological polar surface area (TPSA) is 35.0 Å². The lowest BCUT2D eigenvalue weighted by atomic mass is 10.1. The van der Waals surface area contributed by atoms with Gasteiger partial charge in [0.15, 0.2) is 5.16 Å². The SMILES string of the molecule is CSc1nc(C)c2c(n1)OC(CBr)C2. The maximum Gasteiger partial charge on any atom is 0.221 e. The first kappa shape index (κ1) is 10.2. The Morgan fingerprint density at radius 3 is 3.00 bits per heavy atom. The van der Waals surface area contributed by atoms with Gasteiger partial charge >= 0.3 is 0 Å². The van der Waals surface area contributed by atoms with Gasteiger partial charge in [0.05, 0.1) is 0 Å². The van der Waals surface area contributed by atoms with E-state index in [1.54, 1.807) is 11.8 Å². The number of alkyl halides is 1. The Morgan fingerprint density at radius 2 is 2.36 bits per heavy atom. The average Bonchev–Trinajstić information content (AvgIpc) is 2.61. The molecule has 1 atom stereocenters. The van der Waals surface area contributed by atoms with Crippen LogP contribution < -0.4 is 4.74 Å². The van der Waals surface area contributed by atoms with E-state index in [4.69, 9.17) is 4.74 Å². The Bertz CT molecular complexity index is 359. The number of nitrogens with zero attached hydrogens (tertiary/aromatic N) is 2. The zero-order valence-electron chi connectivity index (χ0n) is 8.08. The lowest BCUT2D eigenvalue weighted by Crippen LogP contribution is -2.14. The van der Waals surface area contributed by atoms with Crippen LogP contribution in [0.15, 0.2) is 5.16 Å². The molecule has 0 bridgehead atoms. The van der Waals surface area contributed by atoms with Crippen molar-refractivity contribution < 1.29 is 4.74 Å². The van der Waals surface area contributed by atoms with Crippen molar-refractivity contribution in [1.29, 1.82) is 0 Å². The first-order valence-corrected chi connectivity index (χ1v) is 6.73. The molecule has 0 aliphatic carbocycles. The molecule has 1 aliphatic heterocycles. The fraction of sp³-hybridized carbons (Fsp3) is 0.556. The minimum absolute atomic E-state index is 0.218. The zero-order chi connectivity index (χ0) is 10.1. The van der Waals surface area contributed by atoms with Crippen molar-refractivity contribution in [3.63, 3.8) is 0 Å². The van der Waals surface area contributed by atoms with E-state index < -0.39 is 0 Å². The molecule has 3 nitrogen and oxygen atoms in total. The summed E-state index contributed by atoms with van der Waals surface area (Å²) in [5.74, 6) is 0.770. The third kappa shape index (κ3) is 1.75. The highest BCUT2D eigenvalue weighted by molar-refractivity contribution is 9.09. The standard InChI is InChI=1S/C9H11BrN2OS/c1-5-7-3-6(4-10)13-8(7)12-9(11-5)14-2/h6H,3-4H2,1-2H3. The molecule has 1 aromatic rings. The number of ether oxygens (including phenoxy) is 1. The van der Waals surface area contributed by atoms with Crippen LogP contribution in [0.3, 0.4) is 0 Å². The number of halogens is 1. The fourth-order valence-electron chi connectivity index (χ4n) is 1.48. The van der Waals surface area contributed by atoms with Gasteiger partial charge in [0.25, 0.3) is 0 Å². The molecular formula is C9H11BrN2OS. The normalized spacial score (nSPS) is 19.2. The van der Waals surface area contributed by atoms with Gasteiger partial charge in [0.1, 0.15) is 6.10 Å². The predicted octanol–water partition coefficient (Wildman–Crippen LogP) is 2.21. The summed E-state index contributed by atoms with van der Waals surface area (Å²) in [7, 11) is 0. The van der Waals surface area contributed by atoms with Crippen molar-refractivity contribution in [3.05, 3.63) is 11.3 Å². The summed E-state index contributed by atoms with van der Waals surface area (Å²) < 4.78 is 5.67. The van der Waals surface area contributed by atoms with Gasteiger partial charge in [-0.1, -0.05) is 27.7 Å². The smallest absolute Gasteiger partial charge is 0.221 e. The van der Waals surface area contributed by atoms with Gasteiger partial charge in [0, 0.05) is 23.0 Å². The number of fused-ring (bicyclic) bond motifs is 1. The average molecular weight is 275 g/mol. The second kappa shape index (κ2) is 4.06. The van der Waals surface area contributed by atoms with Crippen LogP contribution in [0, 0.1) is 6.92 Å². The van der Waals surface area contributed by atoms with E-state index in [9.17, 15) is 0 Å². The quantitative estimate of drug-likeness (QED) is 0.471. The van der Waals surface area contributed by atoms with E-state index in [2.05, 4.69) is 25.9 Å². The molecule has 14 heavy (non-hydrogen) atoms. The van der Waals surface area contributed by atoms with Crippen molar-refractivity contribution in [2.45, 2.75) is 24.6 Å². The van der Waals surface area contributed by atoms with Crippen LogP contribution in [-0.4, -0.2) is 27.7 Å². The molecule has 1 unspecified atom stereocenters. The minimum Gasteiger partial charge on any atom is -0.473 e. The molecule has 0 saturated heterocycles. The largest absolute Gasteiger partial charge is 0.473 e. The van der Waals surface area contributed by atoms with Crippen LogP contribution in [0.5, 0.6) is 5.88 Å². The highest BCUT2D eigenvalue weighted by Gasteiger charge is 2.26. The van der Waals surface area contributed by atoms with Crippen LogP contribution in [0.25, 0.3) is 0 Å². The lowest BCUT2D eigenvalue weighted by Gasteiger charge is -2.04. The summed E-state index contributed by atoms with van der Waals surface area (Å²) >= 11 is 4.96. The molecule has 2 heterocycles. The molecule has 5 heteroatoms. The molecule has 76 valence electrons. The molecular weight excluding hydrogens is 264 g/mol. The van der Waals surface area contributed by atoms with Crippen LogP contribution in [0.1, 0.15) is 11.3 Å². The summed E-state index contributed by atoms with van der Waals surface area (Å²) in [6, 6.07) is 0. The Hall–Kier alpha value is -0.290. The Morgan fingerprint density at radius 1 is 1.57 bits per heavy atom. The molecule has 0 fully saturated rings. The lowest BCUT2D eigenvalue weighted by molar-refractivity contribution is 0.250. The fourth-order valence-corrected chi connectivity index (χ4v) is 2.25. The Balaban J connectivity index is 2.37. The van der Waals surface area contributed by atoms with Crippen molar-refractivity contribution in [3.8, 4) is 5.88 Å². The molecule has 0 radical (unpaired) electrons. The number of aryl methyl sites for hydroxylation is 1. The molecule has 2 rings (SSSR count). The Labute approximate surface area is 95.8 Å². The molecule has 0 amide bonds. The van der Waals surface area contributed by atoms with Crippen molar-refractivity contribution in [1.82, 2.24) is 9.97 Å². The van der Waals surface area contributed by atoms with Crippen LogP contribution >= 0.6 is 27.7 Å². The predicted molar refractivity (Wildman–Crippen MR) is 60.5 cm³/mol. The summed E-state index contributed by atoms with van der Waals surface area (Å²) in [6.45, 7) is 2.01. The van der Waals surface area contributed by atoms with E-state index in [1.165, 1.54) is 0 Å². The molecule has 0 N–H and O–H groups in total. The summed E-state index contributed by atoms with van der Waals surface area (Å²) in [5, 5.41) is 1.63.